The number of ether oxygens (including phenoxy) is 1. The van der Waals surface area contributed by atoms with E-state index < -0.39 is 17.4 Å². The van der Waals surface area contributed by atoms with E-state index in [0.717, 1.165) is 25.9 Å². The number of carbonyl (C=O) groups excluding carboxylic acids is 2. The average molecular weight is 329 g/mol. The van der Waals surface area contributed by atoms with Crippen molar-refractivity contribution in [2.45, 2.75) is 31.5 Å². The lowest BCUT2D eigenvalue weighted by Crippen LogP contribution is -2.45. The van der Waals surface area contributed by atoms with Crippen LogP contribution in [0.3, 0.4) is 0 Å². The Balaban J connectivity index is 1.49. The van der Waals surface area contributed by atoms with Crippen LogP contribution in [0.4, 0.5) is 5.82 Å². The molecule has 4 aliphatic heterocycles. The van der Waals surface area contributed by atoms with E-state index in [1.165, 1.54) is 0 Å². The van der Waals surface area contributed by atoms with Crippen LogP contribution < -0.4 is 4.90 Å². The molecule has 4 aliphatic rings. The molecule has 2 amide bonds. The largest absolute Gasteiger partial charge is 0.360 e. The van der Waals surface area contributed by atoms with Crippen LogP contribution in [-0.4, -0.2) is 53.2 Å². The molecule has 1 aromatic rings. The molecule has 5 heterocycles. The molecule has 0 aliphatic carbocycles. The average Bonchev–Trinajstić information content (AvgIpc) is 3.34. The Kier molecular flexibility index (Phi) is 2.78. The second kappa shape index (κ2) is 4.69. The van der Waals surface area contributed by atoms with E-state index in [1.807, 2.05) is 17.1 Å². The monoisotopic (exact) mass is 329 g/mol. The van der Waals surface area contributed by atoms with Gasteiger partial charge in [-0.1, -0.05) is 17.3 Å². The van der Waals surface area contributed by atoms with Crippen LogP contribution in [0.2, 0.25) is 0 Å². The molecule has 1 aromatic heterocycles. The van der Waals surface area contributed by atoms with Gasteiger partial charge in [-0.2, -0.15) is 0 Å². The predicted octanol–water partition coefficient (Wildman–Crippen LogP) is 0.892. The molecule has 0 unspecified atom stereocenters. The van der Waals surface area contributed by atoms with Crippen molar-refractivity contribution in [3.8, 4) is 0 Å². The third kappa shape index (κ3) is 1.73. The Morgan fingerprint density at radius 3 is 2.88 bits per heavy atom. The first-order valence-electron chi connectivity index (χ1n) is 8.50. The summed E-state index contributed by atoms with van der Waals surface area (Å²) in [5, 5.41) is 3.96. The normalized spacial score (nSPS) is 36.9. The lowest BCUT2D eigenvalue weighted by atomic mass is 9.76. The van der Waals surface area contributed by atoms with Gasteiger partial charge in [-0.3, -0.25) is 14.5 Å². The first-order chi connectivity index (χ1) is 11.6. The van der Waals surface area contributed by atoms with Crippen molar-refractivity contribution >= 4 is 17.6 Å². The summed E-state index contributed by atoms with van der Waals surface area (Å²) in [5.41, 5.74) is -0.700. The minimum Gasteiger partial charge on any atom is -0.360 e. The molecular formula is C17H19N3O4. The maximum absolute atomic E-state index is 13.1. The second-order valence-corrected chi connectivity index (χ2v) is 7.15. The minimum absolute atomic E-state index is 0.0558. The molecule has 24 heavy (non-hydrogen) atoms. The van der Waals surface area contributed by atoms with Crippen molar-refractivity contribution in [3.05, 3.63) is 24.0 Å². The van der Waals surface area contributed by atoms with Crippen molar-refractivity contribution in [3.63, 3.8) is 0 Å². The van der Waals surface area contributed by atoms with Crippen molar-refractivity contribution in [1.29, 1.82) is 0 Å². The summed E-state index contributed by atoms with van der Waals surface area (Å²) in [4.78, 5) is 29.5. The highest BCUT2D eigenvalue weighted by molar-refractivity contribution is 6.02. The van der Waals surface area contributed by atoms with Gasteiger partial charge >= 0.3 is 0 Å². The molecule has 4 atom stereocenters. The number of anilines is 1. The molecule has 0 N–H and O–H groups in total. The Labute approximate surface area is 139 Å². The van der Waals surface area contributed by atoms with Gasteiger partial charge in [0.05, 0.1) is 24.5 Å². The van der Waals surface area contributed by atoms with Gasteiger partial charge in [-0.25, -0.2) is 0 Å². The van der Waals surface area contributed by atoms with E-state index in [2.05, 4.69) is 5.16 Å². The van der Waals surface area contributed by atoms with Crippen molar-refractivity contribution in [2.24, 2.45) is 11.8 Å². The highest BCUT2D eigenvalue weighted by Crippen LogP contribution is 2.53. The molecule has 2 bridgehead atoms. The van der Waals surface area contributed by atoms with Crippen LogP contribution in [0.5, 0.6) is 0 Å². The maximum Gasteiger partial charge on any atom is 0.235 e. The van der Waals surface area contributed by atoms with E-state index in [0.29, 0.717) is 18.1 Å². The van der Waals surface area contributed by atoms with Gasteiger partial charge in [-0.15, -0.1) is 0 Å². The fourth-order valence-corrected chi connectivity index (χ4v) is 4.60. The lowest BCUT2D eigenvalue weighted by molar-refractivity contribution is -0.139. The first-order valence-corrected chi connectivity index (χ1v) is 8.50. The second-order valence-electron chi connectivity index (χ2n) is 7.15. The summed E-state index contributed by atoms with van der Waals surface area (Å²) in [6.45, 7) is 3.74. The number of likely N-dealkylation sites (tertiary alicyclic amines) is 1. The summed E-state index contributed by atoms with van der Waals surface area (Å²) in [6, 6.07) is 1.74. The predicted molar refractivity (Wildman–Crippen MR) is 83.1 cm³/mol. The Morgan fingerprint density at radius 2 is 2.17 bits per heavy atom. The third-order valence-electron chi connectivity index (χ3n) is 5.70. The maximum atomic E-state index is 13.1. The number of aromatic nitrogens is 1. The summed E-state index contributed by atoms with van der Waals surface area (Å²) in [6.07, 6.45) is 5.69. The van der Waals surface area contributed by atoms with Crippen molar-refractivity contribution < 1.29 is 18.8 Å². The molecular weight excluding hydrogens is 310 g/mol. The van der Waals surface area contributed by atoms with Gasteiger partial charge < -0.3 is 14.2 Å². The Hall–Kier alpha value is -2.15. The topological polar surface area (TPSA) is 75.9 Å². The van der Waals surface area contributed by atoms with Gasteiger partial charge in [0, 0.05) is 19.2 Å². The number of carbonyl (C=O) groups is 2. The Morgan fingerprint density at radius 1 is 1.38 bits per heavy atom. The van der Waals surface area contributed by atoms with E-state index in [9.17, 15) is 9.59 Å². The van der Waals surface area contributed by atoms with Gasteiger partial charge in [0.15, 0.2) is 5.82 Å². The summed E-state index contributed by atoms with van der Waals surface area (Å²) in [5.74, 6) is 0.232. The highest BCUT2D eigenvalue weighted by Gasteiger charge is 2.67. The zero-order chi connectivity index (χ0) is 16.5. The minimum atomic E-state index is -0.700. The van der Waals surface area contributed by atoms with Crippen LogP contribution in [0.25, 0.3) is 0 Å². The molecule has 7 nitrogen and oxygen atoms in total. The molecule has 126 valence electrons. The van der Waals surface area contributed by atoms with Crippen molar-refractivity contribution in [2.75, 3.05) is 24.5 Å². The molecule has 0 radical (unpaired) electrons. The summed E-state index contributed by atoms with van der Waals surface area (Å²) in [7, 11) is 0. The van der Waals surface area contributed by atoms with Gasteiger partial charge in [0.2, 0.25) is 11.8 Å². The van der Waals surface area contributed by atoms with Crippen LogP contribution >= 0.6 is 0 Å². The molecule has 0 saturated carbocycles. The zero-order valence-corrected chi connectivity index (χ0v) is 13.5. The number of aryl methyl sites for hydroxylation is 1. The van der Waals surface area contributed by atoms with Crippen LogP contribution in [0, 0.1) is 18.8 Å². The van der Waals surface area contributed by atoms with E-state index in [1.54, 1.807) is 17.9 Å². The lowest BCUT2D eigenvalue weighted by Gasteiger charge is -2.27. The number of rotatable bonds is 2. The summed E-state index contributed by atoms with van der Waals surface area (Å²) < 4.78 is 11.2. The molecule has 0 aromatic carbocycles. The number of amides is 2. The number of hydrogen-bond acceptors (Lipinski definition) is 5. The van der Waals surface area contributed by atoms with Gasteiger partial charge in [0.25, 0.3) is 0 Å². The number of fused-ring (bicyclic) bond motifs is 1. The van der Waals surface area contributed by atoms with Crippen molar-refractivity contribution in [1.82, 2.24) is 10.1 Å². The smallest absolute Gasteiger partial charge is 0.235 e. The molecule has 3 saturated heterocycles. The van der Waals surface area contributed by atoms with E-state index in [4.69, 9.17) is 9.26 Å². The molecule has 1 spiro atoms. The SMILES string of the molecule is Cc1cc(N2C[C@@]34C=C[C@@H](O3)[C@H](C(=O)N3CCCC3)[C@H]4C2=O)no1. The van der Waals surface area contributed by atoms with Crippen LogP contribution in [0.15, 0.2) is 22.7 Å². The quantitative estimate of drug-likeness (QED) is 0.753. The number of hydrogen-bond donors (Lipinski definition) is 0. The van der Waals surface area contributed by atoms with Gasteiger partial charge in [0.1, 0.15) is 11.4 Å². The molecule has 7 heteroatoms. The standard InChI is InChI=1S/C17H19N3O4/c1-10-8-12(18-24-10)20-9-17-5-4-11(23-17)13(14(17)16(20)22)15(21)19-6-2-3-7-19/h4-5,8,11,13-14H,2-3,6-7,9H2,1H3/t11-,13+,14+,17-/m1/s1. The summed E-state index contributed by atoms with van der Waals surface area (Å²) >= 11 is 0. The van der Waals surface area contributed by atoms with Crippen LogP contribution in [0.1, 0.15) is 18.6 Å². The highest BCUT2D eigenvalue weighted by atomic mass is 16.5. The van der Waals surface area contributed by atoms with E-state index >= 15 is 0 Å². The van der Waals surface area contributed by atoms with Crippen LogP contribution in [-0.2, 0) is 14.3 Å². The third-order valence-corrected chi connectivity index (χ3v) is 5.70. The molecule has 5 rings (SSSR count). The zero-order valence-electron chi connectivity index (χ0n) is 13.5. The van der Waals surface area contributed by atoms with Gasteiger partial charge in [-0.05, 0) is 19.8 Å². The Bertz CT molecular complexity index is 751. The first kappa shape index (κ1) is 14.2. The molecule has 3 fully saturated rings. The van der Waals surface area contributed by atoms with E-state index in [-0.39, 0.29) is 17.9 Å². The number of nitrogens with zero attached hydrogens (tertiary/aromatic N) is 3. The fourth-order valence-electron chi connectivity index (χ4n) is 4.60. The fraction of sp³-hybridized carbons (Fsp3) is 0.588.